The maximum absolute atomic E-state index is 12.3. The molecule has 0 unspecified atom stereocenters. The van der Waals surface area contributed by atoms with Gasteiger partial charge in [-0.05, 0) is 67.4 Å². The number of hydrogen-bond acceptors (Lipinski definition) is 4. The molecule has 0 radical (unpaired) electrons. The van der Waals surface area contributed by atoms with Gasteiger partial charge in [-0.15, -0.1) is 0 Å². The average Bonchev–Trinajstić information content (AvgIpc) is 2.75. The Kier molecular flexibility index (Phi) is 6.63. The second kappa shape index (κ2) is 9.55. The molecule has 0 spiro atoms. The van der Waals surface area contributed by atoms with Gasteiger partial charge in [-0.25, -0.2) is 0 Å². The molecule has 0 aromatic heterocycles. The van der Waals surface area contributed by atoms with E-state index in [2.05, 4.69) is 5.32 Å². The molecule has 0 aliphatic carbocycles. The van der Waals surface area contributed by atoms with E-state index in [1.54, 1.807) is 31.4 Å². The quantitative estimate of drug-likeness (QED) is 0.466. The molecule has 0 bridgehead atoms. The van der Waals surface area contributed by atoms with Gasteiger partial charge in [0.05, 0.1) is 7.11 Å². The number of methoxy groups -OCH3 is 1. The number of anilines is 1. The van der Waals surface area contributed by atoms with Crippen LogP contribution in [0.2, 0.25) is 0 Å². The van der Waals surface area contributed by atoms with Gasteiger partial charge in [0.1, 0.15) is 11.5 Å². The highest BCUT2D eigenvalue weighted by atomic mass is 16.5. The van der Waals surface area contributed by atoms with Crippen molar-refractivity contribution < 1.29 is 19.1 Å². The van der Waals surface area contributed by atoms with Crippen LogP contribution in [-0.4, -0.2) is 19.0 Å². The van der Waals surface area contributed by atoms with E-state index in [1.807, 2.05) is 55.5 Å². The maximum atomic E-state index is 12.3. The fourth-order valence-corrected chi connectivity index (χ4v) is 2.74. The number of aryl methyl sites for hydroxylation is 2. The van der Waals surface area contributed by atoms with Crippen molar-refractivity contribution in [2.75, 3.05) is 12.4 Å². The Morgan fingerprint density at radius 1 is 0.828 bits per heavy atom. The van der Waals surface area contributed by atoms with E-state index >= 15 is 0 Å². The van der Waals surface area contributed by atoms with Crippen LogP contribution in [0.25, 0.3) is 0 Å². The minimum atomic E-state index is -0.322. The summed E-state index contributed by atoms with van der Waals surface area (Å²) in [4.78, 5) is 24.4. The number of ether oxygens (including phenoxy) is 2. The standard InChI is InChI=1S/C24H23NO4/c1-17-3-10-20(11-4-17)25-24(27)19-8-14-22(15-9-19)29-23(26)16-7-18-5-12-21(28-2)13-6-18/h3-6,8-15H,7,16H2,1-2H3,(H,25,27). The van der Waals surface area contributed by atoms with E-state index in [0.29, 0.717) is 17.7 Å². The largest absolute Gasteiger partial charge is 0.497 e. The van der Waals surface area contributed by atoms with Crippen LogP contribution in [0.1, 0.15) is 27.9 Å². The molecule has 5 nitrogen and oxygen atoms in total. The summed E-state index contributed by atoms with van der Waals surface area (Å²) in [6.07, 6.45) is 0.849. The number of benzene rings is 3. The van der Waals surface area contributed by atoms with Crippen molar-refractivity contribution in [1.82, 2.24) is 0 Å². The fourth-order valence-electron chi connectivity index (χ4n) is 2.74. The predicted octanol–water partition coefficient (Wildman–Crippen LogP) is 4.79. The van der Waals surface area contributed by atoms with Gasteiger partial charge in [-0.1, -0.05) is 29.8 Å². The Hall–Kier alpha value is -3.60. The number of rotatable bonds is 7. The number of carbonyl (C=O) groups excluding carboxylic acids is 2. The molecule has 1 N–H and O–H groups in total. The van der Waals surface area contributed by atoms with Gasteiger partial charge < -0.3 is 14.8 Å². The van der Waals surface area contributed by atoms with E-state index < -0.39 is 0 Å². The third-order valence-corrected chi connectivity index (χ3v) is 4.43. The number of nitrogens with one attached hydrogen (secondary N) is 1. The van der Waals surface area contributed by atoms with Crippen molar-refractivity contribution in [1.29, 1.82) is 0 Å². The Morgan fingerprint density at radius 3 is 2.07 bits per heavy atom. The molecule has 0 saturated heterocycles. The second-order valence-electron chi connectivity index (χ2n) is 6.67. The fraction of sp³-hybridized carbons (Fsp3) is 0.167. The van der Waals surface area contributed by atoms with E-state index in [4.69, 9.17) is 9.47 Å². The zero-order valence-electron chi connectivity index (χ0n) is 16.5. The van der Waals surface area contributed by atoms with Crippen molar-refractivity contribution in [3.63, 3.8) is 0 Å². The first-order chi connectivity index (χ1) is 14.0. The Balaban J connectivity index is 1.50. The summed E-state index contributed by atoms with van der Waals surface area (Å²) in [6.45, 7) is 1.99. The molecule has 29 heavy (non-hydrogen) atoms. The number of amides is 1. The molecule has 3 rings (SSSR count). The average molecular weight is 389 g/mol. The van der Waals surface area contributed by atoms with Crippen LogP contribution in [0, 0.1) is 6.92 Å². The number of carbonyl (C=O) groups is 2. The van der Waals surface area contributed by atoms with E-state index in [-0.39, 0.29) is 18.3 Å². The summed E-state index contributed by atoms with van der Waals surface area (Å²) >= 11 is 0. The zero-order valence-corrected chi connectivity index (χ0v) is 16.5. The zero-order chi connectivity index (χ0) is 20.6. The Bertz CT molecular complexity index is 961. The highest BCUT2D eigenvalue weighted by molar-refractivity contribution is 6.04. The molecule has 3 aromatic carbocycles. The van der Waals surface area contributed by atoms with Crippen molar-refractivity contribution >= 4 is 17.6 Å². The normalized spacial score (nSPS) is 10.3. The first kappa shape index (κ1) is 20.1. The van der Waals surface area contributed by atoms with Gasteiger partial charge in [0.2, 0.25) is 0 Å². The van der Waals surface area contributed by atoms with Gasteiger partial charge in [0.25, 0.3) is 5.91 Å². The summed E-state index contributed by atoms with van der Waals surface area (Å²) in [5.74, 6) is 0.656. The number of hydrogen-bond donors (Lipinski definition) is 1. The topological polar surface area (TPSA) is 64.6 Å². The van der Waals surface area contributed by atoms with Crippen LogP contribution in [0.3, 0.4) is 0 Å². The summed E-state index contributed by atoms with van der Waals surface area (Å²) in [7, 11) is 1.61. The van der Waals surface area contributed by atoms with Crippen molar-refractivity contribution in [2.24, 2.45) is 0 Å². The lowest BCUT2D eigenvalue weighted by Gasteiger charge is -2.08. The van der Waals surface area contributed by atoms with Crippen LogP contribution in [0.4, 0.5) is 5.69 Å². The molecular weight excluding hydrogens is 366 g/mol. The predicted molar refractivity (Wildman–Crippen MR) is 113 cm³/mol. The van der Waals surface area contributed by atoms with Gasteiger partial charge in [-0.3, -0.25) is 9.59 Å². The maximum Gasteiger partial charge on any atom is 0.311 e. The van der Waals surface area contributed by atoms with Crippen LogP contribution in [0.5, 0.6) is 11.5 Å². The molecule has 0 saturated carbocycles. The lowest BCUT2D eigenvalue weighted by Crippen LogP contribution is -2.12. The van der Waals surface area contributed by atoms with E-state index in [1.165, 1.54) is 0 Å². The van der Waals surface area contributed by atoms with Gasteiger partial charge in [0.15, 0.2) is 0 Å². The molecule has 3 aromatic rings. The summed E-state index contributed by atoms with van der Waals surface area (Å²) in [6, 6.07) is 21.7. The first-order valence-electron chi connectivity index (χ1n) is 9.35. The molecule has 0 atom stereocenters. The van der Waals surface area contributed by atoms with Gasteiger partial charge in [0, 0.05) is 17.7 Å². The smallest absolute Gasteiger partial charge is 0.311 e. The minimum Gasteiger partial charge on any atom is -0.497 e. The summed E-state index contributed by atoms with van der Waals surface area (Å²) < 4.78 is 10.5. The summed E-state index contributed by atoms with van der Waals surface area (Å²) in [5, 5.41) is 2.84. The lowest BCUT2D eigenvalue weighted by molar-refractivity contribution is -0.134. The Labute approximate surface area is 170 Å². The van der Waals surface area contributed by atoms with E-state index in [0.717, 1.165) is 22.6 Å². The number of esters is 1. The third kappa shape index (κ3) is 5.94. The minimum absolute atomic E-state index is 0.216. The van der Waals surface area contributed by atoms with Crippen molar-refractivity contribution in [3.05, 3.63) is 89.5 Å². The summed E-state index contributed by atoms with van der Waals surface area (Å²) in [5.41, 5.74) is 3.38. The first-order valence-corrected chi connectivity index (χ1v) is 9.35. The van der Waals surface area contributed by atoms with E-state index in [9.17, 15) is 9.59 Å². The molecule has 5 heteroatoms. The Morgan fingerprint density at radius 2 is 1.45 bits per heavy atom. The molecule has 0 heterocycles. The van der Waals surface area contributed by atoms with Crippen LogP contribution < -0.4 is 14.8 Å². The van der Waals surface area contributed by atoms with Crippen LogP contribution >= 0.6 is 0 Å². The molecular formula is C24H23NO4. The SMILES string of the molecule is COc1ccc(CCC(=O)Oc2ccc(C(=O)Nc3ccc(C)cc3)cc2)cc1. The van der Waals surface area contributed by atoms with Crippen molar-refractivity contribution in [2.45, 2.75) is 19.8 Å². The van der Waals surface area contributed by atoms with Crippen molar-refractivity contribution in [3.8, 4) is 11.5 Å². The molecule has 0 aliphatic heterocycles. The van der Waals surface area contributed by atoms with Crippen LogP contribution in [0.15, 0.2) is 72.8 Å². The molecule has 148 valence electrons. The molecule has 0 aliphatic rings. The second-order valence-corrected chi connectivity index (χ2v) is 6.67. The molecule has 0 fully saturated rings. The van der Waals surface area contributed by atoms with Gasteiger partial charge >= 0.3 is 5.97 Å². The highest BCUT2D eigenvalue weighted by Gasteiger charge is 2.09. The van der Waals surface area contributed by atoms with Gasteiger partial charge in [-0.2, -0.15) is 0 Å². The highest BCUT2D eigenvalue weighted by Crippen LogP contribution is 2.17. The van der Waals surface area contributed by atoms with Crippen LogP contribution in [-0.2, 0) is 11.2 Å². The lowest BCUT2D eigenvalue weighted by atomic mass is 10.1. The third-order valence-electron chi connectivity index (χ3n) is 4.43. The monoisotopic (exact) mass is 389 g/mol. The molecule has 1 amide bonds.